The van der Waals surface area contributed by atoms with Gasteiger partial charge in [0.15, 0.2) is 5.82 Å². The van der Waals surface area contributed by atoms with Gasteiger partial charge in [0.25, 0.3) is 11.8 Å². The largest absolute Gasteiger partial charge is 0.439 e. The van der Waals surface area contributed by atoms with E-state index < -0.39 is 23.4 Å². The van der Waals surface area contributed by atoms with Gasteiger partial charge in [0.1, 0.15) is 11.5 Å². The smallest absolute Gasteiger partial charge is 0.349 e. The summed E-state index contributed by atoms with van der Waals surface area (Å²) in [4.78, 5) is 42.4. The Morgan fingerprint density at radius 1 is 0.914 bits per heavy atom. The molecule has 0 radical (unpaired) electrons. The third-order valence-corrected chi connectivity index (χ3v) is 5.40. The molecule has 5 rings (SSSR count). The summed E-state index contributed by atoms with van der Waals surface area (Å²) < 4.78 is 18.0. The Bertz CT molecular complexity index is 1660. The number of anilines is 2. The molecule has 0 aliphatic carbocycles. The lowest BCUT2D eigenvalue weighted by Crippen LogP contribution is -2.14. The Morgan fingerprint density at radius 3 is 2.49 bits per heavy atom. The number of amides is 2. The van der Waals surface area contributed by atoms with Crippen LogP contribution in [0.2, 0.25) is 5.02 Å². The molecule has 35 heavy (non-hydrogen) atoms. The van der Waals surface area contributed by atoms with E-state index in [4.69, 9.17) is 11.6 Å². The molecule has 0 spiro atoms. The van der Waals surface area contributed by atoms with Crippen LogP contribution in [-0.2, 0) is 0 Å². The molecule has 3 aromatic carbocycles. The molecule has 2 amide bonds. The van der Waals surface area contributed by atoms with Crippen LogP contribution in [0.3, 0.4) is 0 Å². The van der Waals surface area contributed by atoms with E-state index in [9.17, 15) is 18.8 Å². The van der Waals surface area contributed by atoms with Crippen LogP contribution in [0, 0.1) is 5.82 Å². The number of carbonyl (C=O) groups excluding carboxylic acids is 2. The minimum atomic E-state index is -0.749. The van der Waals surface area contributed by atoms with E-state index in [1.54, 1.807) is 36.4 Å². The first-order chi connectivity index (χ1) is 16.9. The van der Waals surface area contributed by atoms with Crippen molar-refractivity contribution in [3.8, 4) is 11.4 Å². The van der Waals surface area contributed by atoms with Crippen molar-refractivity contribution in [2.75, 3.05) is 10.6 Å². The number of rotatable bonds is 5. The number of hydrogen-bond donors (Lipinski definition) is 4. The van der Waals surface area contributed by atoms with Gasteiger partial charge in [-0.2, -0.15) is 0 Å². The van der Waals surface area contributed by atoms with Crippen molar-refractivity contribution < 1.29 is 18.5 Å². The highest BCUT2D eigenvalue weighted by Crippen LogP contribution is 2.29. The van der Waals surface area contributed by atoms with E-state index in [0.29, 0.717) is 32.9 Å². The molecule has 4 N–H and O–H groups in total. The van der Waals surface area contributed by atoms with Gasteiger partial charge in [-0.15, -0.1) is 0 Å². The van der Waals surface area contributed by atoms with E-state index >= 15 is 0 Å². The zero-order valence-corrected chi connectivity index (χ0v) is 18.4. The molecule has 2 heterocycles. The molecule has 9 nitrogen and oxygen atoms in total. The maximum Gasteiger partial charge on any atom is 0.439 e. The first-order valence-electron chi connectivity index (χ1n) is 10.2. The monoisotopic (exact) mass is 491 g/mol. The molecule has 5 aromatic rings. The lowest BCUT2D eigenvalue weighted by atomic mass is 10.1. The number of para-hydroxylation sites is 1. The molecule has 0 fully saturated rings. The summed E-state index contributed by atoms with van der Waals surface area (Å²) in [5.74, 6) is -2.15. The van der Waals surface area contributed by atoms with Crippen molar-refractivity contribution in [3.63, 3.8) is 0 Å². The van der Waals surface area contributed by atoms with Gasteiger partial charge in [0.05, 0.1) is 16.9 Å². The SMILES string of the molecule is O=C(Nc1cccc2cc(C(=O)Nc3ccc(Cl)cc3-c3noc(=O)[nH]3)[nH]c12)c1cccc(F)c1. The first-order valence-corrected chi connectivity index (χ1v) is 10.6. The topological polar surface area (TPSA) is 133 Å². The third-order valence-electron chi connectivity index (χ3n) is 5.16. The highest BCUT2D eigenvalue weighted by Gasteiger charge is 2.17. The average Bonchev–Trinajstić information content (AvgIpc) is 3.47. The van der Waals surface area contributed by atoms with Crippen LogP contribution < -0.4 is 16.4 Å². The Balaban J connectivity index is 1.43. The number of nitrogens with zero attached hydrogens (tertiary/aromatic N) is 1. The number of aromatic nitrogens is 3. The number of nitrogens with one attached hydrogen (secondary N) is 4. The van der Waals surface area contributed by atoms with Crippen LogP contribution in [-0.4, -0.2) is 26.9 Å². The van der Waals surface area contributed by atoms with Crippen LogP contribution >= 0.6 is 11.6 Å². The minimum Gasteiger partial charge on any atom is -0.349 e. The number of H-pyrrole nitrogens is 2. The van der Waals surface area contributed by atoms with Crippen LogP contribution in [0.15, 0.2) is 76.0 Å². The average molecular weight is 492 g/mol. The van der Waals surface area contributed by atoms with Crippen molar-refractivity contribution in [1.29, 1.82) is 0 Å². The standard InChI is InChI=1S/C24H15ClFN5O4/c25-14-7-8-17(16(11-14)21-30-24(34)35-31-21)28-23(33)19-10-12-3-2-6-18(20(12)27-19)29-22(32)13-4-1-5-15(26)9-13/h1-11,27H,(H,28,33)(H,29,32)(H,30,31,34). The summed E-state index contributed by atoms with van der Waals surface area (Å²) >= 11 is 6.07. The summed E-state index contributed by atoms with van der Waals surface area (Å²) in [5, 5.41) is 10.2. The van der Waals surface area contributed by atoms with Crippen molar-refractivity contribution in [3.05, 3.63) is 99.4 Å². The van der Waals surface area contributed by atoms with Crippen LogP contribution in [0.4, 0.5) is 15.8 Å². The van der Waals surface area contributed by atoms with E-state index in [2.05, 4.69) is 30.3 Å². The Labute approximate surface area is 200 Å². The van der Waals surface area contributed by atoms with Crippen molar-refractivity contribution in [2.45, 2.75) is 0 Å². The number of aromatic amines is 2. The molecule has 0 aliphatic rings. The van der Waals surface area contributed by atoms with Crippen molar-refractivity contribution in [1.82, 2.24) is 15.1 Å². The lowest BCUT2D eigenvalue weighted by Gasteiger charge is -2.09. The fraction of sp³-hybridized carbons (Fsp3) is 0. The molecule has 174 valence electrons. The molecular formula is C24H15ClFN5O4. The fourth-order valence-electron chi connectivity index (χ4n) is 3.56. The van der Waals surface area contributed by atoms with Gasteiger partial charge in [0, 0.05) is 21.5 Å². The summed E-state index contributed by atoms with van der Waals surface area (Å²) in [5.41, 5.74) is 2.00. The van der Waals surface area contributed by atoms with Crippen molar-refractivity contribution in [2.24, 2.45) is 0 Å². The minimum absolute atomic E-state index is 0.104. The Kier molecular flexibility index (Phi) is 5.63. The zero-order valence-electron chi connectivity index (χ0n) is 17.7. The predicted molar refractivity (Wildman–Crippen MR) is 128 cm³/mol. The lowest BCUT2D eigenvalue weighted by molar-refractivity contribution is 0.101. The van der Waals surface area contributed by atoms with E-state index in [1.165, 1.54) is 24.3 Å². The molecule has 0 unspecified atom stereocenters. The van der Waals surface area contributed by atoms with Crippen LogP contribution in [0.5, 0.6) is 0 Å². The summed E-state index contributed by atoms with van der Waals surface area (Å²) in [6.07, 6.45) is 0. The second kappa shape index (κ2) is 8.92. The molecular weight excluding hydrogens is 477 g/mol. The molecule has 0 saturated heterocycles. The summed E-state index contributed by atoms with van der Waals surface area (Å²) in [6.45, 7) is 0. The maximum absolute atomic E-state index is 13.5. The predicted octanol–water partition coefficient (Wildman–Crippen LogP) is 4.81. The highest BCUT2D eigenvalue weighted by atomic mass is 35.5. The first kappa shape index (κ1) is 22.1. The summed E-state index contributed by atoms with van der Waals surface area (Å²) in [7, 11) is 0. The normalized spacial score (nSPS) is 10.9. The highest BCUT2D eigenvalue weighted by molar-refractivity contribution is 6.31. The van der Waals surface area contributed by atoms with E-state index in [0.717, 1.165) is 6.07 Å². The van der Waals surface area contributed by atoms with Gasteiger partial charge < -0.3 is 15.6 Å². The molecule has 0 saturated carbocycles. The molecule has 0 atom stereocenters. The third kappa shape index (κ3) is 4.55. The van der Waals surface area contributed by atoms with E-state index in [1.807, 2.05) is 0 Å². The second-order valence-electron chi connectivity index (χ2n) is 7.50. The number of carbonyl (C=O) groups is 2. The van der Waals surface area contributed by atoms with Gasteiger partial charge in [0.2, 0.25) is 0 Å². The summed E-state index contributed by atoms with van der Waals surface area (Å²) in [6, 6.07) is 16.8. The second-order valence-corrected chi connectivity index (χ2v) is 7.94. The van der Waals surface area contributed by atoms with Gasteiger partial charge in [-0.3, -0.25) is 19.1 Å². The Morgan fingerprint density at radius 2 is 1.71 bits per heavy atom. The van der Waals surface area contributed by atoms with Gasteiger partial charge >= 0.3 is 5.76 Å². The number of halogens is 2. The number of fused-ring (bicyclic) bond motifs is 1. The molecule has 11 heteroatoms. The van der Waals surface area contributed by atoms with Gasteiger partial charge in [-0.25, -0.2) is 9.18 Å². The molecule has 0 bridgehead atoms. The number of hydrogen-bond acceptors (Lipinski definition) is 5. The van der Waals surface area contributed by atoms with Crippen molar-refractivity contribution >= 4 is 45.7 Å². The van der Waals surface area contributed by atoms with Crippen LogP contribution in [0.25, 0.3) is 22.3 Å². The quantitative estimate of drug-likeness (QED) is 0.280. The molecule has 0 aliphatic heterocycles. The maximum atomic E-state index is 13.5. The number of benzene rings is 3. The zero-order chi connectivity index (χ0) is 24.5. The van der Waals surface area contributed by atoms with Gasteiger partial charge in [-0.1, -0.05) is 35.0 Å². The Hall–Kier alpha value is -4.70. The van der Waals surface area contributed by atoms with E-state index in [-0.39, 0.29) is 17.1 Å². The fourth-order valence-corrected chi connectivity index (χ4v) is 3.74. The molecule has 2 aromatic heterocycles. The van der Waals surface area contributed by atoms with Gasteiger partial charge in [-0.05, 0) is 48.5 Å². The van der Waals surface area contributed by atoms with Crippen LogP contribution in [0.1, 0.15) is 20.8 Å².